The lowest BCUT2D eigenvalue weighted by Gasteiger charge is -2.25. The first-order chi connectivity index (χ1) is 21.0. The van der Waals surface area contributed by atoms with E-state index in [0.717, 1.165) is 88.8 Å². The Bertz CT molecular complexity index is 2390. The predicted molar refractivity (Wildman–Crippen MR) is 173 cm³/mol. The third-order valence-corrected chi connectivity index (χ3v) is 8.39. The molecular weight excluding hydrogens is 532 g/mol. The average Bonchev–Trinajstić information content (AvgIpc) is 3.56. The second kappa shape index (κ2) is 8.76. The lowest BCUT2D eigenvalue weighted by Crippen LogP contribution is -2.34. The summed E-state index contributed by atoms with van der Waals surface area (Å²) >= 11 is 0. The maximum atomic E-state index is 6.44. The highest BCUT2D eigenvalue weighted by Gasteiger charge is 2.30. The molecule has 0 saturated carbocycles. The Morgan fingerprint density at radius 3 is 1.77 bits per heavy atom. The van der Waals surface area contributed by atoms with Crippen molar-refractivity contribution >= 4 is 43.9 Å². The minimum absolute atomic E-state index is 0.779. The van der Waals surface area contributed by atoms with Crippen LogP contribution in [0.3, 0.4) is 0 Å². The fourth-order valence-corrected chi connectivity index (χ4v) is 6.48. The Kier molecular flexibility index (Phi) is 4.92. The van der Waals surface area contributed by atoms with Crippen molar-refractivity contribution in [2.45, 2.75) is 19.6 Å². The van der Waals surface area contributed by atoms with E-state index in [1.807, 2.05) is 56.3 Å². The zero-order valence-electron chi connectivity index (χ0n) is 23.7. The molecule has 0 amide bonds. The summed E-state index contributed by atoms with van der Waals surface area (Å²) in [5, 5.41) is 4.45. The maximum absolute atomic E-state index is 6.44. The highest BCUT2D eigenvalue weighted by Crippen LogP contribution is 2.47. The minimum atomic E-state index is -0.836. The zero-order valence-corrected chi connectivity index (χ0v) is 23.7. The molecule has 0 atom stereocenters. The summed E-state index contributed by atoms with van der Waals surface area (Å²) in [4.78, 5) is 0. The average molecular weight is 559 g/mol. The van der Waals surface area contributed by atoms with E-state index >= 15 is 0 Å². The summed E-state index contributed by atoms with van der Waals surface area (Å²) in [7, 11) is 0. The van der Waals surface area contributed by atoms with E-state index < -0.39 is 5.79 Å². The fraction of sp³-hybridized carbons (Fsp3) is 0.0769. The van der Waals surface area contributed by atoms with E-state index in [1.165, 1.54) is 0 Å². The van der Waals surface area contributed by atoms with Gasteiger partial charge in [0.25, 0.3) is 0 Å². The van der Waals surface area contributed by atoms with Gasteiger partial charge in [0.15, 0.2) is 0 Å². The smallest absolute Gasteiger partial charge is 0.245 e. The van der Waals surface area contributed by atoms with Crippen LogP contribution in [0.1, 0.15) is 13.8 Å². The van der Waals surface area contributed by atoms with Crippen molar-refractivity contribution in [2.24, 2.45) is 0 Å². The van der Waals surface area contributed by atoms with Gasteiger partial charge in [-0.15, -0.1) is 0 Å². The van der Waals surface area contributed by atoms with Crippen LogP contribution < -0.4 is 9.47 Å². The van der Waals surface area contributed by atoms with E-state index in [9.17, 15) is 0 Å². The molecular formula is C39H26O4. The Labute approximate surface area is 247 Å². The fourth-order valence-electron chi connectivity index (χ4n) is 6.48. The summed E-state index contributed by atoms with van der Waals surface area (Å²) in [6.07, 6.45) is 0. The van der Waals surface area contributed by atoms with E-state index in [2.05, 4.69) is 78.9 Å². The van der Waals surface area contributed by atoms with Crippen molar-refractivity contribution in [1.82, 2.24) is 0 Å². The first-order valence-electron chi connectivity index (χ1n) is 14.5. The van der Waals surface area contributed by atoms with Crippen molar-refractivity contribution in [2.75, 3.05) is 0 Å². The molecule has 0 unspecified atom stereocenters. The molecule has 206 valence electrons. The van der Waals surface area contributed by atoms with Gasteiger partial charge in [-0.2, -0.15) is 0 Å². The van der Waals surface area contributed by atoms with Gasteiger partial charge in [0.2, 0.25) is 5.79 Å². The largest absolute Gasteiger partial charge is 0.456 e. The first-order valence-corrected chi connectivity index (χ1v) is 14.5. The number of ether oxygens (including phenoxy) is 2. The quantitative estimate of drug-likeness (QED) is 0.212. The van der Waals surface area contributed by atoms with E-state index in [1.54, 1.807) is 0 Å². The summed E-state index contributed by atoms with van der Waals surface area (Å²) in [6, 6.07) is 41.8. The molecule has 3 heterocycles. The molecule has 43 heavy (non-hydrogen) atoms. The molecule has 2 aromatic heterocycles. The van der Waals surface area contributed by atoms with Crippen molar-refractivity contribution in [3.05, 3.63) is 121 Å². The van der Waals surface area contributed by atoms with Crippen molar-refractivity contribution < 1.29 is 18.3 Å². The molecule has 0 saturated heterocycles. The maximum Gasteiger partial charge on any atom is 0.245 e. The van der Waals surface area contributed by atoms with Crippen LogP contribution in [-0.2, 0) is 0 Å². The number of fused-ring (bicyclic) bond motifs is 9. The SMILES string of the molecule is CC1(C)Oc2ccc(-c3ccc4c(c3)oc3ccccc34)cc2-c2cc(-c3cccc4oc5ccccc5c34)ccc2O1. The van der Waals surface area contributed by atoms with Crippen LogP contribution in [0.2, 0.25) is 0 Å². The number of benzene rings is 6. The van der Waals surface area contributed by atoms with Crippen LogP contribution in [0.15, 0.2) is 130 Å². The highest BCUT2D eigenvalue weighted by atomic mass is 16.7. The summed E-state index contributed by atoms with van der Waals surface area (Å²) < 4.78 is 25.3. The summed E-state index contributed by atoms with van der Waals surface area (Å²) in [5.41, 5.74) is 9.83. The minimum Gasteiger partial charge on any atom is -0.456 e. The Balaban J connectivity index is 1.23. The molecule has 0 N–H and O–H groups in total. The Hall–Kier alpha value is -5.48. The summed E-state index contributed by atoms with van der Waals surface area (Å²) in [6.45, 7) is 3.89. The van der Waals surface area contributed by atoms with Gasteiger partial charge in [-0.3, -0.25) is 0 Å². The first kappa shape index (κ1) is 24.2. The number of para-hydroxylation sites is 2. The molecule has 1 aliphatic heterocycles. The number of rotatable bonds is 2. The number of furan rings is 2. The standard InChI is InChI=1S/C39H26O4/c1-39(2)42-34-18-15-23(24-14-17-28-27-8-3-5-11-32(27)41-37(28)22-24)20-30(34)31-21-25(16-19-35(31)43-39)26-10-7-13-36-38(26)29-9-4-6-12-33(29)40-36/h3-22H,1-2H3. The molecule has 8 aromatic rings. The molecule has 1 aliphatic rings. The summed E-state index contributed by atoms with van der Waals surface area (Å²) in [5.74, 6) is 0.722. The van der Waals surface area contributed by atoms with Crippen LogP contribution in [0, 0.1) is 0 Å². The highest BCUT2D eigenvalue weighted by molar-refractivity contribution is 6.12. The van der Waals surface area contributed by atoms with Crippen LogP contribution in [-0.4, -0.2) is 5.79 Å². The Morgan fingerprint density at radius 2 is 0.977 bits per heavy atom. The van der Waals surface area contributed by atoms with E-state index in [-0.39, 0.29) is 0 Å². The molecule has 6 aromatic carbocycles. The number of hydrogen-bond acceptors (Lipinski definition) is 4. The third-order valence-electron chi connectivity index (χ3n) is 8.39. The molecule has 4 heteroatoms. The normalized spacial score (nSPS) is 13.9. The van der Waals surface area contributed by atoms with Gasteiger partial charge in [-0.05, 0) is 76.9 Å². The molecule has 0 spiro atoms. The lowest BCUT2D eigenvalue weighted by molar-refractivity contribution is -0.0778. The van der Waals surface area contributed by atoms with Gasteiger partial charge < -0.3 is 18.3 Å². The molecule has 0 fully saturated rings. The Morgan fingerprint density at radius 1 is 0.419 bits per heavy atom. The second-order valence-corrected chi connectivity index (χ2v) is 11.6. The van der Waals surface area contributed by atoms with E-state index in [0.29, 0.717) is 0 Å². The second-order valence-electron chi connectivity index (χ2n) is 11.6. The van der Waals surface area contributed by atoms with Crippen LogP contribution in [0.4, 0.5) is 0 Å². The molecule has 9 rings (SSSR count). The predicted octanol–water partition coefficient (Wildman–Crippen LogP) is 11.0. The van der Waals surface area contributed by atoms with Gasteiger partial charge in [-0.1, -0.05) is 66.7 Å². The molecule has 4 nitrogen and oxygen atoms in total. The van der Waals surface area contributed by atoms with Gasteiger partial charge >= 0.3 is 0 Å². The monoisotopic (exact) mass is 558 g/mol. The molecule has 0 radical (unpaired) electrons. The third kappa shape index (κ3) is 3.76. The van der Waals surface area contributed by atoms with E-state index in [4.69, 9.17) is 18.3 Å². The number of hydrogen-bond donors (Lipinski definition) is 0. The van der Waals surface area contributed by atoms with Crippen LogP contribution >= 0.6 is 0 Å². The topological polar surface area (TPSA) is 44.7 Å². The van der Waals surface area contributed by atoms with Crippen molar-refractivity contribution in [1.29, 1.82) is 0 Å². The zero-order chi connectivity index (χ0) is 28.7. The van der Waals surface area contributed by atoms with Crippen LogP contribution in [0.5, 0.6) is 11.5 Å². The van der Waals surface area contributed by atoms with Crippen molar-refractivity contribution in [3.63, 3.8) is 0 Å². The van der Waals surface area contributed by atoms with Gasteiger partial charge in [0.05, 0.1) is 0 Å². The molecule has 0 bridgehead atoms. The van der Waals surface area contributed by atoms with Gasteiger partial charge in [0.1, 0.15) is 33.8 Å². The van der Waals surface area contributed by atoms with Crippen LogP contribution in [0.25, 0.3) is 77.3 Å². The lowest BCUT2D eigenvalue weighted by atomic mass is 9.93. The van der Waals surface area contributed by atoms with Crippen molar-refractivity contribution in [3.8, 4) is 44.9 Å². The van der Waals surface area contributed by atoms with Gasteiger partial charge in [-0.25, -0.2) is 0 Å². The molecule has 0 aliphatic carbocycles. The van der Waals surface area contributed by atoms with Gasteiger partial charge in [0, 0.05) is 46.5 Å².